The summed E-state index contributed by atoms with van der Waals surface area (Å²) in [7, 11) is 0. The van der Waals surface area contributed by atoms with Crippen LogP contribution in [0.3, 0.4) is 0 Å². The standard InChI is InChI=1S/C12H12N2O2/c13-7-12(8-16-9-12)11(15)14-6-10-4-2-1-3-5-10/h1-5H,6,8-9H2,(H,14,15). The van der Waals surface area contributed by atoms with Gasteiger partial charge in [-0.25, -0.2) is 0 Å². The number of amides is 1. The molecular formula is C12H12N2O2. The minimum atomic E-state index is -0.964. The molecule has 1 fully saturated rings. The molecule has 1 aromatic rings. The lowest BCUT2D eigenvalue weighted by Crippen LogP contribution is -2.52. The van der Waals surface area contributed by atoms with Crippen molar-refractivity contribution in [3.63, 3.8) is 0 Å². The molecule has 0 bridgehead atoms. The maximum atomic E-state index is 11.7. The average Bonchev–Trinajstić information content (AvgIpc) is 2.27. The van der Waals surface area contributed by atoms with Gasteiger partial charge in [-0.1, -0.05) is 30.3 Å². The Bertz CT molecular complexity index is 418. The number of benzene rings is 1. The summed E-state index contributed by atoms with van der Waals surface area (Å²) in [6, 6.07) is 11.6. The Morgan fingerprint density at radius 1 is 1.44 bits per heavy atom. The van der Waals surface area contributed by atoms with Crippen LogP contribution >= 0.6 is 0 Å². The fourth-order valence-electron chi connectivity index (χ4n) is 1.50. The van der Waals surface area contributed by atoms with Crippen LogP contribution in [-0.4, -0.2) is 19.1 Å². The van der Waals surface area contributed by atoms with Crippen LogP contribution in [0.25, 0.3) is 0 Å². The van der Waals surface area contributed by atoms with Crippen LogP contribution in [-0.2, 0) is 16.1 Å². The van der Waals surface area contributed by atoms with Gasteiger partial charge in [0, 0.05) is 6.54 Å². The van der Waals surface area contributed by atoms with Gasteiger partial charge in [0.25, 0.3) is 0 Å². The molecule has 0 unspecified atom stereocenters. The summed E-state index contributed by atoms with van der Waals surface area (Å²) < 4.78 is 4.92. The van der Waals surface area contributed by atoms with Crippen molar-refractivity contribution >= 4 is 5.91 Å². The highest BCUT2D eigenvalue weighted by atomic mass is 16.5. The predicted octanol–water partition coefficient (Wildman–Crippen LogP) is 0.843. The Labute approximate surface area is 93.8 Å². The van der Waals surface area contributed by atoms with E-state index in [0.717, 1.165) is 5.56 Å². The minimum Gasteiger partial charge on any atom is -0.377 e. The van der Waals surface area contributed by atoms with E-state index in [-0.39, 0.29) is 19.1 Å². The van der Waals surface area contributed by atoms with Crippen molar-refractivity contribution in [2.45, 2.75) is 6.54 Å². The van der Waals surface area contributed by atoms with Crippen molar-refractivity contribution in [1.29, 1.82) is 5.26 Å². The van der Waals surface area contributed by atoms with Crippen molar-refractivity contribution in [2.75, 3.05) is 13.2 Å². The number of hydrogen-bond acceptors (Lipinski definition) is 3. The Hall–Kier alpha value is -1.86. The number of hydrogen-bond donors (Lipinski definition) is 1. The molecule has 0 radical (unpaired) electrons. The highest BCUT2D eigenvalue weighted by molar-refractivity contribution is 5.86. The van der Waals surface area contributed by atoms with E-state index in [1.165, 1.54) is 0 Å². The molecule has 82 valence electrons. The molecule has 1 aliphatic heterocycles. The number of nitrogens with one attached hydrogen (secondary N) is 1. The van der Waals surface area contributed by atoms with Crippen molar-refractivity contribution < 1.29 is 9.53 Å². The first-order chi connectivity index (χ1) is 7.77. The molecule has 1 heterocycles. The number of rotatable bonds is 3. The summed E-state index contributed by atoms with van der Waals surface area (Å²) in [5, 5.41) is 11.7. The van der Waals surface area contributed by atoms with E-state index in [9.17, 15) is 4.79 Å². The number of nitriles is 1. The maximum absolute atomic E-state index is 11.7. The Morgan fingerprint density at radius 2 is 2.12 bits per heavy atom. The SMILES string of the molecule is N#CC1(C(=O)NCc2ccccc2)COC1. The lowest BCUT2D eigenvalue weighted by atomic mass is 9.87. The van der Waals surface area contributed by atoms with Crippen molar-refractivity contribution in [3.05, 3.63) is 35.9 Å². The van der Waals surface area contributed by atoms with Crippen molar-refractivity contribution in [2.24, 2.45) is 5.41 Å². The molecule has 1 N–H and O–H groups in total. The third-order valence-electron chi connectivity index (χ3n) is 2.64. The largest absolute Gasteiger partial charge is 0.377 e. The second-order valence-corrected chi connectivity index (χ2v) is 3.85. The van der Waals surface area contributed by atoms with Gasteiger partial charge >= 0.3 is 0 Å². The zero-order valence-electron chi connectivity index (χ0n) is 8.77. The Morgan fingerprint density at radius 3 is 2.62 bits per heavy atom. The highest BCUT2D eigenvalue weighted by Crippen LogP contribution is 2.26. The third-order valence-corrected chi connectivity index (χ3v) is 2.64. The molecule has 16 heavy (non-hydrogen) atoms. The van der Waals surface area contributed by atoms with E-state index < -0.39 is 5.41 Å². The Kier molecular flexibility index (Phi) is 2.88. The molecular weight excluding hydrogens is 204 g/mol. The monoisotopic (exact) mass is 216 g/mol. The van der Waals surface area contributed by atoms with Crippen molar-refractivity contribution in [3.8, 4) is 6.07 Å². The fraction of sp³-hybridized carbons (Fsp3) is 0.333. The van der Waals surface area contributed by atoms with E-state index in [1.54, 1.807) is 0 Å². The normalized spacial score (nSPS) is 16.9. The number of carbonyl (C=O) groups is 1. The molecule has 0 aromatic heterocycles. The molecule has 0 spiro atoms. The summed E-state index contributed by atoms with van der Waals surface area (Å²) in [4.78, 5) is 11.7. The molecule has 0 atom stereocenters. The summed E-state index contributed by atoms with van der Waals surface area (Å²) >= 11 is 0. The fourth-order valence-corrected chi connectivity index (χ4v) is 1.50. The summed E-state index contributed by atoms with van der Waals surface area (Å²) in [6.45, 7) is 0.845. The van der Waals surface area contributed by atoms with Gasteiger partial charge in [0.2, 0.25) is 5.91 Å². The Balaban J connectivity index is 1.92. The van der Waals surface area contributed by atoms with E-state index >= 15 is 0 Å². The highest BCUT2D eigenvalue weighted by Gasteiger charge is 2.46. The average molecular weight is 216 g/mol. The zero-order chi connectivity index (χ0) is 11.4. The van der Waals surface area contributed by atoms with Crippen LogP contribution in [0, 0.1) is 16.7 Å². The molecule has 4 nitrogen and oxygen atoms in total. The smallest absolute Gasteiger partial charge is 0.245 e. The first-order valence-corrected chi connectivity index (χ1v) is 5.08. The molecule has 1 saturated heterocycles. The third kappa shape index (κ3) is 1.90. The van der Waals surface area contributed by atoms with Crippen LogP contribution in [0.4, 0.5) is 0 Å². The summed E-state index contributed by atoms with van der Waals surface area (Å²) in [6.07, 6.45) is 0. The molecule has 1 amide bonds. The van der Waals surface area contributed by atoms with Crippen LogP contribution in [0.2, 0.25) is 0 Å². The lowest BCUT2D eigenvalue weighted by Gasteiger charge is -2.33. The van der Waals surface area contributed by atoms with E-state index in [2.05, 4.69) is 5.32 Å². The van der Waals surface area contributed by atoms with Crippen LogP contribution in [0.1, 0.15) is 5.56 Å². The second-order valence-electron chi connectivity index (χ2n) is 3.85. The quantitative estimate of drug-likeness (QED) is 0.814. The molecule has 1 aliphatic rings. The van der Waals surface area contributed by atoms with Gasteiger partial charge < -0.3 is 10.1 Å². The predicted molar refractivity (Wildman–Crippen MR) is 57.2 cm³/mol. The summed E-state index contributed by atoms with van der Waals surface area (Å²) in [5.41, 5.74) is 0.0542. The number of carbonyl (C=O) groups excluding carboxylic acids is 1. The van der Waals surface area contributed by atoms with Crippen molar-refractivity contribution in [1.82, 2.24) is 5.32 Å². The van der Waals surface area contributed by atoms with Gasteiger partial charge in [0.1, 0.15) is 0 Å². The first kappa shape index (κ1) is 10.7. The molecule has 1 aromatic carbocycles. The first-order valence-electron chi connectivity index (χ1n) is 5.08. The lowest BCUT2D eigenvalue weighted by molar-refractivity contribution is -0.150. The van der Waals surface area contributed by atoms with E-state index in [0.29, 0.717) is 6.54 Å². The maximum Gasteiger partial charge on any atom is 0.245 e. The van der Waals surface area contributed by atoms with Gasteiger partial charge in [-0.2, -0.15) is 5.26 Å². The molecule has 2 rings (SSSR count). The zero-order valence-corrected chi connectivity index (χ0v) is 8.77. The number of nitrogens with zero attached hydrogens (tertiary/aromatic N) is 1. The molecule has 4 heteroatoms. The van der Waals surface area contributed by atoms with E-state index in [1.807, 2.05) is 36.4 Å². The van der Waals surface area contributed by atoms with Gasteiger partial charge in [-0.05, 0) is 5.56 Å². The molecule has 0 aliphatic carbocycles. The van der Waals surface area contributed by atoms with Gasteiger partial charge in [-0.15, -0.1) is 0 Å². The number of ether oxygens (including phenoxy) is 1. The topological polar surface area (TPSA) is 62.1 Å². The van der Waals surface area contributed by atoms with Gasteiger partial charge in [0.05, 0.1) is 19.3 Å². The van der Waals surface area contributed by atoms with Gasteiger partial charge in [-0.3, -0.25) is 4.79 Å². The minimum absolute atomic E-state index is 0.199. The van der Waals surface area contributed by atoms with Crippen LogP contribution < -0.4 is 5.32 Å². The van der Waals surface area contributed by atoms with Crippen LogP contribution in [0.5, 0.6) is 0 Å². The van der Waals surface area contributed by atoms with Crippen LogP contribution in [0.15, 0.2) is 30.3 Å². The second kappa shape index (κ2) is 4.33. The summed E-state index contributed by atoms with van der Waals surface area (Å²) in [5.74, 6) is -0.245. The molecule has 0 saturated carbocycles. The van der Waals surface area contributed by atoms with Gasteiger partial charge in [0.15, 0.2) is 5.41 Å². The van der Waals surface area contributed by atoms with E-state index in [4.69, 9.17) is 10.00 Å².